The maximum atomic E-state index is 12.7. The maximum absolute atomic E-state index is 12.7. The fourth-order valence-electron chi connectivity index (χ4n) is 4.52. The van der Waals surface area contributed by atoms with Gasteiger partial charge in [-0.2, -0.15) is 4.31 Å². The molecule has 3 aromatic rings. The lowest BCUT2D eigenvalue weighted by Crippen LogP contribution is -2.34. The molecule has 37 heavy (non-hydrogen) atoms. The Balaban J connectivity index is 1.25. The number of rotatable bonds is 7. The van der Waals surface area contributed by atoms with Crippen molar-refractivity contribution in [3.8, 4) is 0 Å². The molecular formula is C23H28N8O5S. The number of fused-ring (bicyclic) bond motifs is 1. The second kappa shape index (κ2) is 10.4. The summed E-state index contributed by atoms with van der Waals surface area (Å²) in [6.45, 7) is 3.43. The van der Waals surface area contributed by atoms with Gasteiger partial charge in [-0.25, -0.2) is 28.2 Å². The van der Waals surface area contributed by atoms with Gasteiger partial charge in [-0.15, -0.1) is 0 Å². The highest BCUT2D eigenvalue weighted by molar-refractivity contribution is 7.89. The summed E-state index contributed by atoms with van der Waals surface area (Å²) in [5.74, 6) is 0.0532. The number of carbonyl (C=O) groups is 2. The highest BCUT2D eigenvalue weighted by Crippen LogP contribution is 2.31. The van der Waals surface area contributed by atoms with Crippen LogP contribution in [0.25, 0.3) is 11.2 Å². The second-order valence-electron chi connectivity index (χ2n) is 8.81. The Morgan fingerprint density at radius 3 is 2.54 bits per heavy atom. The van der Waals surface area contributed by atoms with Crippen LogP contribution in [-0.2, 0) is 19.6 Å². The Hall–Kier alpha value is -3.62. The molecule has 2 aliphatic heterocycles. The molecule has 2 atom stereocenters. The number of nitrogens with zero attached hydrogens (tertiary/aromatic N) is 5. The molecule has 2 saturated heterocycles. The molecule has 0 saturated carbocycles. The van der Waals surface area contributed by atoms with Crippen LogP contribution in [0.4, 0.5) is 16.3 Å². The first-order valence-corrected chi connectivity index (χ1v) is 13.6. The second-order valence-corrected chi connectivity index (χ2v) is 10.8. The molecule has 2 aromatic heterocycles. The minimum Gasteiger partial charge on any atom is -0.354 e. The van der Waals surface area contributed by atoms with E-state index in [2.05, 4.69) is 30.9 Å². The SMILES string of the molecule is CCNC(=O)[C@@H]1CC[C@H](n2cnc3c(NC(=O)Nc4ccc(S(=O)(=O)N5CCCC5)cc4)ncnc32)O1. The van der Waals surface area contributed by atoms with Crippen molar-refractivity contribution in [2.24, 2.45) is 0 Å². The van der Waals surface area contributed by atoms with E-state index in [9.17, 15) is 18.0 Å². The number of urea groups is 1. The number of sulfonamides is 1. The van der Waals surface area contributed by atoms with Crippen molar-refractivity contribution < 1.29 is 22.7 Å². The molecule has 3 amide bonds. The number of nitrogens with one attached hydrogen (secondary N) is 3. The first kappa shape index (κ1) is 25.0. The van der Waals surface area contributed by atoms with Crippen molar-refractivity contribution in [2.75, 3.05) is 30.3 Å². The molecule has 0 spiro atoms. The van der Waals surface area contributed by atoms with E-state index in [4.69, 9.17) is 4.74 Å². The standard InChI is InChI=1S/C23H28N8O5S/c1-2-24-22(32)17-9-10-18(36-17)31-14-27-19-20(25-13-26-21(19)31)29-23(33)28-15-5-7-16(8-6-15)37(34,35)30-11-3-4-12-30/h5-8,13-14,17-18H,2-4,9-12H2,1H3,(H,24,32)(H2,25,26,28,29,33)/t17-,18+/m0/s1. The summed E-state index contributed by atoms with van der Waals surface area (Å²) in [5.41, 5.74) is 1.25. The summed E-state index contributed by atoms with van der Waals surface area (Å²) in [6, 6.07) is 5.45. The van der Waals surface area contributed by atoms with Crippen molar-refractivity contribution >= 4 is 44.6 Å². The van der Waals surface area contributed by atoms with Crippen molar-refractivity contribution in [3.05, 3.63) is 36.9 Å². The van der Waals surface area contributed by atoms with Gasteiger partial charge in [0.1, 0.15) is 18.7 Å². The van der Waals surface area contributed by atoms with Crippen molar-refractivity contribution in [1.29, 1.82) is 0 Å². The van der Waals surface area contributed by atoms with Crippen LogP contribution < -0.4 is 16.0 Å². The molecule has 14 heteroatoms. The smallest absolute Gasteiger partial charge is 0.324 e. The lowest BCUT2D eigenvalue weighted by molar-refractivity contribution is -0.133. The summed E-state index contributed by atoms with van der Waals surface area (Å²) >= 11 is 0. The average Bonchev–Trinajstić information content (AvgIpc) is 3.65. The van der Waals surface area contributed by atoms with Gasteiger partial charge in [0.15, 0.2) is 17.0 Å². The number of ether oxygens (including phenoxy) is 1. The molecule has 196 valence electrons. The van der Waals surface area contributed by atoms with E-state index in [1.165, 1.54) is 34.9 Å². The number of hydrogen-bond donors (Lipinski definition) is 3. The summed E-state index contributed by atoms with van der Waals surface area (Å²) in [5, 5.41) is 8.10. The largest absolute Gasteiger partial charge is 0.354 e. The quantitative estimate of drug-likeness (QED) is 0.420. The topological polar surface area (TPSA) is 160 Å². The average molecular weight is 529 g/mol. The number of likely N-dealkylation sites (N-methyl/N-ethyl adjacent to an activating group) is 1. The van der Waals surface area contributed by atoms with E-state index in [1.807, 2.05) is 6.92 Å². The molecule has 2 fully saturated rings. The third-order valence-corrected chi connectivity index (χ3v) is 8.27. The van der Waals surface area contributed by atoms with E-state index in [-0.39, 0.29) is 16.6 Å². The highest BCUT2D eigenvalue weighted by Gasteiger charge is 2.32. The van der Waals surface area contributed by atoms with Gasteiger partial charge in [0, 0.05) is 25.3 Å². The zero-order valence-electron chi connectivity index (χ0n) is 20.3. The predicted octanol–water partition coefficient (Wildman–Crippen LogP) is 2.07. The van der Waals surface area contributed by atoms with Crippen LogP contribution in [0.2, 0.25) is 0 Å². The van der Waals surface area contributed by atoms with Gasteiger partial charge in [0.2, 0.25) is 15.9 Å². The van der Waals surface area contributed by atoms with E-state index in [1.54, 1.807) is 10.9 Å². The van der Waals surface area contributed by atoms with E-state index in [0.717, 1.165) is 12.8 Å². The Kier molecular flexibility index (Phi) is 7.04. The normalized spacial score (nSPS) is 20.2. The lowest BCUT2D eigenvalue weighted by atomic mass is 10.2. The van der Waals surface area contributed by atoms with Crippen molar-refractivity contribution in [3.63, 3.8) is 0 Å². The number of aromatic nitrogens is 4. The fraction of sp³-hybridized carbons (Fsp3) is 0.435. The Labute approximate surface area is 213 Å². The predicted molar refractivity (Wildman–Crippen MR) is 134 cm³/mol. The molecule has 0 unspecified atom stereocenters. The zero-order valence-corrected chi connectivity index (χ0v) is 21.1. The third kappa shape index (κ3) is 5.12. The van der Waals surface area contributed by atoms with Crippen LogP contribution >= 0.6 is 0 Å². The number of hydrogen-bond acceptors (Lipinski definition) is 8. The van der Waals surface area contributed by atoms with Gasteiger partial charge in [0.25, 0.3) is 0 Å². The minimum absolute atomic E-state index is 0.148. The molecule has 0 radical (unpaired) electrons. The van der Waals surface area contributed by atoms with Crippen LogP contribution in [-0.4, -0.2) is 69.9 Å². The summed E-state index contributed by atoms with van der Waals surface area (Å²) in [6.07, 6.45) is 4.82. The fourth-order valence-corrected chi connectivity index (χ4v) is 6.03. The summed E-state index contributed by atoms with van der Waals surface area (Å²) in [4.78, 5) is 37.7. The molecule has 13 nitrogen and oxygen atoms in total. The van der Waals surface area contributed by atoms with E-state index >= 15 is 0 Å². The van der Waals surface area contributed by atoms with Crippen LogP contribution in [0.3, 0.4) is 0 Å². The highest BCUT2D eigenvalue weighted by atomic mass is 32.2. The van der Waals surface area contributed by atoms with Crippen molar-refractivity contribution in [1.82, 2.24) is 29.1 Å². The van der Waals surface area contributed by atoms with Gasteiger partial charge < -0.3 is 15.4 Å². The van der Waals surface area contributed by atoms with Gasteiger partial charge in [0.05, 0.1) is 11.2 Å². The van der Waals surface area contributed by atoms with Gasteiger partial charge >= 0.3 is 6.03 Å². The van der Waals surface area contributed by atoms with Crippen LogP contribution in [0.1, 0.15) is 38.8 Å². The summed E-state index contributed by atoms with van der Waals surface area (Å²) < 4.78 is 34.5. The number of amides is 3. The first-order valence-electron chi connectivity index (χ1n) is 12.2. The number of anilines is 2. The minimum atomic E-state index is -3.53. The Morgan fingerprint density at radius 1 is 1.05 bits per heavy atom. The third-order valence-electron chi connectivity index (χ3n) is 6.36. The van der Waals surface area contributed by atoms with Crippen molar-refractivity contribution in [2.45, 2.75) is 49.8 Å². The van der Waals surface area contributed by atoms with Crippen LogP contribution in [0.5, 0.6) is 0 Å². The van der Waals surface area contributed by atoms with E-state index in [0.29, 0.717) is 49.3 Å². The Bertz CT molecular complexity index is 1400. The van der Waals surface area contributed by atoms with Gasteiger partial charge in [-0.1, -0.05) is 0 Å². The molecule has 5 rings (SSSR count). The molecule has 0 aliphatic carbocycles. The number of imidazole rings is 1. The molecule has 0 bridgehead atoms. The molecule has 4 heterocycles. The monoisotopic (exact) mass is 528 g/mol. The van der Waals surface area contributed by atoms with Gasteiger partial charge in [-0.3, -0.25) is 14.7 Å². The Morgan fingerprint density at radius 2 is 1.81 bits per heavy atom. The molecule has 3 N–H and O–H groups in total. The summed E-state index contributed by atoms with van der Waals surface area (Å²) in [7, 11) is -3.53. The maximum Gasteiger partial charge on any atom is 0.324 e. The number of benzene rings is 1. The number of carbonyl (C=O) groups excluding carboxylic acids is 2. The lowest BCUT2D eigenvalue weighted by Gasteiger charge is -2.16. The van der Waals surface area contributed by atoms with E-state index < -0.39 is 28.4 Å². The van der Waals surface area contributed by atoms with Crippen LogP contribution in [0, 0.1) is 0 Å². The molecule has 2 aliphatic rings. The first-order chi connectivity index (χ1) is 17.9. The zero-order chi connectivity index (χ0) is 26.0. The molecule has 1 aromatic carbocycles. The van der Waals surface area contributed by atoms with Gasteiger partial charge in [-0.05, 0) is 56.9 Å². The van der Waals surface area contributed by atoms with Crippen LogP contribution in [0.15, 0.2) is 41.8 Å². The molecular weight excluding hydrogens is 500 g/mol.